The van der Waals surface area contributed by atoms with Crippen molar-refractivity contribution in [3.63, 3.8) is 0 Å². The van der Waals surface area contributed by atoms with Crippen molar-refractivity contribution in [2.75, 3.05) is 33.4 Å². The zero-order chi connectivity index (χ0) is 21.7. The van der Waals surface area contributed by atoms with E-state index in [1.54, 1.807) is 19.1 Å². The maximum absolute atomic E-state index is 14.8. The SMILES string of the molecule is COC(C)(C(=O)NCC(c1c(F)cccc1Cl)N1CCOC(C)C1)c1ccccc1. The van der Waals surface area contributed by atoms with Crippen molar-refractivity contribution >= 4 is 17.5 Å². The van der Waals surface area contributed by atoms with E-state index in [9.17, 15) is 9.18 Å². The number of ether oxygens (including phenoxy) is 2. The van der Waals surface area contributed by atoms with Gasteiger partial charge >= 0.3 is 0 Å². The molecule has 3 rings (SSSR count). The number of hydrogen-bond acceptors (Lipinski definition) is 4. The minimum atomic E-state index is -1.16. The number of halogens is 2. The molecule has 30 heavy (non-hydrogen) atoms. The summed E-state index contributed by atoms with van der Waals surface area (Å²) in [6, 6.07) is 13.5. The molecule has 1 saturated heterocycles. The molecule has 0 aromatic heterocycles. The van der Waals surface area contributed by atoms with Crippen LogP contribution in [-0.4, -0.2) is 50.3 Å². The van der Waals surface area contributed by atoms with Crippen LogP contribution in [0.1, 0.15) is 31.0 Å². The van der Waals surface area contributed by atoms with Gasteiger partial charge in [0.1, 0.15) is 5.82 Å². The Morgan fingerprint density at radius 1 is 1.33 bits per heavy atom. The van der Waals surface area contributed by atoms with E-state index in [2.05, 4.69) is 10.2 Å². The van der Waals surface area contributed by atoms with Crippen molar-refractivity contribution < 1.29 is 18.7 Å². The molecule has 2 aromatic rings. The highest BCUT2D eigenvalue weighted by Gasteiger charge is 2.36. The molecule has 3 atom stereocenters. The summed E-state index contributed by atoms with van der Waals surface area (Å²) in [4.78, 5) is 15.2. The third-order valence-corrected chi connectivity index (χ3v) is 6.00. The van der Waals surface area contributed by atoms with Crippen molar-refractivity contribution in [3.05, 3.63) is 70.5 Å². The van der Waals surface area contributed by atoms with Gasteiger partial charge in [0, 0.05) is 37.3 Å². The average molecular weight is 435 g/mol. The Morgan fingerprint density at radius 3 is 2.70 bits per heavy atom. The van der Waals surface area contributed by atoms with Gasteiger partial charge in [-0.2, -0.15) is 0 Å². The summed E-state index contributed by atoms with van der Waals surface area (Å²) >= 11 is 6.37. The maximum atomic E-state index is 14.8. The quantitative estimate of drug-likeness (QED) is 0.717. The Kier molecular flexibility index (Phi) is 7.47. The Morgan fingerprint density at radius 2 is 2.07 bits per heavy atom. The Hall–Kier alpha value is -1.99. The van der Waals surface area contributed by atoms with Gasteiger partial charge in [-0.25, -0.2) is 4.39 Å². The summed E-state index contributed by atoms with van der Waals surface area (Å²) in [5.74, 6) is -0.687. The molecule has 1 fully saturated rings. The standard InChI is InChI=1S/C23H28ClFN2O3/c1-16-15-27(12-13-30-16)20(21-18(24)10-7-11-19(21)25)14-26-22(28)23(2,29-3)17-8-5-4-6-9-17/h4-11,16,20H,12-15H2,1-3H3,(H,26,28). The maximum Gasteiger partial charge on any atom is 0.256 e. The number of nitrogens with zero attached hydrogens (tertiary/aromatic N) is 1. The normalized spacial score (nSPS) is 20.4. The van der Waals surface area contributed by atoms with E-state index in [1.807, 2.05) is 37.3 Å². The van der Waals surface area contributed by atoms with Crippen LogP contribution in [0, 0.1) is 5.82 Å². The van der Waals surface area contributed by atoms with Crippen LogP contribution in [0.4, 0.5) is 4.39 Å². The molecule has 2 aromatic carbocycles. The highest BCUT2D eigenvalue weighted by molar-refractivity contribution is 6.31. The lowest BCUT2D eigenvalue weighted by atomic mass is 9.94. The van der Waals surface area contributed by atoms with Crippen LogP contribution in [-0.2, 0) is 19.9 Å². The van der Waals surface area contributed by atoms with Gasteiger partial charge in [0.15, 0.2) is 5.60 Å². The van der Waals surface area contributed by atoms with E-state index in [1.165, 1.54) is 13.2 Å². The summed E-state index contributed by atoms with van der Waals surface area (Å²) in [6.07, 6.45) is 0.0102. The Bertz CT molecular complexity index is 847. The predicted octanol–water partition coefficient (Wildman–Crippen LogP) is 3.92. The lowest BCUT2D eigenvalue weighted by Crippen LogP contribution is -2.50. The Balaban J connectivity index is 1.85. The van der Waals surface area contributed by atoms with Crippen molar-refractivity contribution in [2.24, 2.45) is 0 Å². The van der Waals surface area contributed by atoms with E-state index in [4.69, 9.17) is 21.1 Å². The molecular formula is C23H28ClFN2O3. The number of methoxy groups -OCH3 is 1. The zero-order valence-electron chi connectivity index (χ0n) is 17.5. The molecule has 5 nitrogen and oxygen atoms in total. The van der Waals surface area contributed by atoms with Crippen LogP contribution in [0.3, 0.4) is 0 Å². The molecule has 1 amide bonds. The van der Waals surface area contributed by atoms with Gasteiger partial charge in [-0.15, -0.1) is 0 Å². The number of amides is 1. The molecule has 162 valence electrons. The van der Waals surface area contributed by atoms with Gasteiger partial charge in [-0.3, -0.25) is 9.69 Å². The second-order valence-corrected chi connectivity index (χ2v) is 8.05. The monoisotopic (exact) mass is 434 g/mol. The van der Waals surface area contributed by atoms with Crippen LogP contribution >= 0.6 is 11.6 Å². The second kappa shape index (κ2) is 9.88. The fourth-order valence-corrected chi connectivity index (χ4v) is 4.12. The summed E-state index contributed by atoms with van der Waals surface area (Å²) in [5, 5.41) is 3.30. The van der Waals surface area contributed by atoms with Crippen LogP contribution in [0.2, 0.25) is 5.02 Å². The lowest BCUT2D eigenvalue weighted by Gasteiger charge is -2.38. The van der Waals surface area contributed by atoms with Gasteiger partial charge in [-0.1, -0.05) is 48.0 Å². The summed E-state index contributed by atoms with van der Waals surface area (Å²) in [6.45, 7) is 5.67. The van der Waals surface area contributed by atoms with Gasteiger partial charge in [-0.05, 0) is 31.5 Å². The van der Waals surface area contributed by atoms with Crippen molar-refractivity contribution in [3.8, 4) is 0 Å². The molecule has 7 heteroatoms. The number of carbonyl (C=O) groups is 1. The summed E-state index contributed by atoms with van der Waals surface area (Å²) < 4.78 is 26.0. The third kappa shape index (κ3) is 4.83. The predicted molar refractivity (Wildman–Crippen MR) is 115 cm³/mol. The van der Waals surface area contributed by atoms with E-state index in [0.29, 0.717) is 30.3 Å². The molecule has 1 heterocycles. The molecule has 3 unspecified atom stereocenters. The van der Waals surface area contributed by atoms with Crippen molar-refractivity contribution in [1.29, 1.82) is 0 Å². The van der Waals surface area contributed by atoms with E-state index in [0.717, 1.165) is 5.56 Å². The lowest BCUT2D eigenvalue weighted by molar-refractivity contribution is -0.143. The highest BCUT2D eigenvalue weighted by Crippen LogP contribution is 2.32. The molecule has 0 radical (unpaired) electrons. The summed E-state index contributed by atoms with van der Waals surface area (Å²) in [5.41, 5.74) is -0.0405. The molecule has 1 aliphatic rings. The van der Waals surface area contributed by atoms with Gasteiger partial charge in [0.05, 0.1) is 18.8 Å². The van der Waals surface area contributed by atoms with E-state index < -0.39 is 17.5 Å². The third-order valence-electron chi connectivity index (χ3n) is 5.67. The molecule has 0 saturated carbocycles. The first-order chi connectivity index (χ1) is 14.4. The minimum absolute atomic E-state index is 0.0102. The smallest absolute Gasteiger partial charge is 0.256 e. The highest BCUT2D eigenvalue weighted by atomic mass is 35.5. The second-order valence-electron chi connectivity index (χ2n) is 7.64. The van der Waals surface area contributed by atoms with Crippen LogP contribution in [0.5, 0.6) is 0 Å². The minimum Gasteiger partial charge on any atom is -0.376 e. The fraction of sp³-hybridized carbons (Fsp3) is 0.435. The molecule has 0 spiro atoms. The number of benzene rings is 2. The van der Waals surface area contributed by atoms with Gasteiger partial charge in [0.25, 0.3) is 5.91 Å². The number of carbonyl (C=O) groups excluding carboxylic acids is 1. The van der Waals surface area contributed by atoms with E-state index in [-0.39, 0.29) is 18.6 Å². The van der Waals surface area contributed by atoms with Gasteiger partial charge < -0.3 is 14.8 Å². The molecule has 0 bridgehead atoms. The zero-order valence-corrected chi connectivity index (χ0v) is 18.3. The molecule has 0 aliphatic carbocycles. The Labute approximate surface area is 182 Å². The van der Waals surface area contributed by atoms with Crippen LogP contribution in [0.15, 0.2) is 48.5 Å². The van der Waals surface area contributed by atoms with Crippen LogP contribution in [0.25, 0.3) is 0 Å². The number of nitrogens with one attached hydrogen (secondary N) is 1. The molecule has 1 aliphatic heterocycles. The molecule has 1 N–H and O–H groups in total. The van der Waals surface area contributed by atoms with Gasteiger partial charge in [0.2, 0.25) is 0 Å². The fourth-order valence-electron chi connectivity index (χ4n) is 3.83. The number of hydrogen-bond donors (Lipinski definition) is 1. The first-order valence-electron chi connectivity index (χ1n) is 10.1. The van der Waals surface area contributed by atoms with E-state index >= 15 is 0 Å². The topological polar surface area (TPSA) is 50.8 Å². The van der Waals surface area contributed by atoms with Crippen molar-refractivity contribution in [1.82, 2.24) is 10.2 Å². The molecular weight excluding hydrogens is 407 g/mol. The first kappa shape index (κ1) is 22.7. The average Bonchev–Trinajstić information content (AvgIpc) is 2.75. The largest absolute Gasteiger partial charge is 0.376 e. The van der Waals surface area contributed by atoms with Crippen molar-refractivity contribution in [2.45, 2.75) is 31.6 Å². The summed E-state index contributed by atoms with van der Waals surface area (Å²) in [7, 11) is 1.50. The first-order valence-corrected chi connectivity index (χ1v) is 10.4. The number of morpholine rings is 1. The van der Waals surface area contributed by atoms with Crippen LogP contribution < -0.4 is 5.32 Å². The number of rotatable bonds is 7.